The molecule has 0 aliphatic carbocycles. The maximum atomic E-state index is 12.0. The first-order valence-corrected chi connectivity index (χ1v) is 9.97. The highest BCUT2D eigenvalue weighted by Gasteiger charge is 2.15. The van der Waals surface area contributed by atoms with Crippen LogP contribution < -0.4 is 5.32 Å². The average Bonchev–Trinajstić information content (AvgIpc) is 2.78. The van der Waals surface area contributed by atoms with Gasteiger partial charge >= 0.3 is 0 Å². The molecule has 1 aromatic heterocycles. The summed E-state index contributed by atoms with van der Waals surface area (Å²) >= 11 is 6.07. The fourth-order valence-corrected chi connectivity index (χ4v) is 3.50. The number of aliphatic imine (C=N–C) groups is 1. The van der Waals surface area contributed by atoms with E-state index in [9.17, 15) is 4.79 Å². The maximum Gasteiger partial charge on any atom is 0.222 e. The van der Waals surface area contributed by atoms with E-state index >= 15 is 0 Å². The van der Waals surface area contributed by atoms with Gasteiger partial charge in [0.1, 0.15) is 0 Å². The zero-order chi connectivity index (χ0) is 18.9. The third-order valence-electron chi connectivity index (χ3n) is 4.69. The summed E-state index contributed by atoms with van der Waals surface area (Å²) in [6, 6.07) is 1.98. The van der Waals surface area contributed by atoms with E-state index in [1.165, 1.54) is 6.42 Å². The van der Waals surface area contributed by atoms with Crippen LogP contribution in [0.4, 0.5) is 0 Å². The van der Waals surface area contributed by atoms with Crippen LogP contribution in [0.1, 0.15) is 44.7 Å². The number of nitrogens with one attached hydrogen (secondary N) is 1. The van der Waals surface area contributed by atoms with Gasteiger partial charge in [-0.05, 0) is 32.3 Å². The summed E-state index contributed by atoms with van der Waals surface area (Å²) in [6.45, 7) is 6.04. The number of aromatic nitrogens is 1. The summed E-state index contributed by atoms with van der Waals surface area (Å²) in [6.07, 6.45) is 6.83. The minimum absolute atomic E-state index is 0. The van der Waals surface area contributed by atoms with E-state index in [0.717, 1.165) is 62.1 Å². The van der Waals surface area contributed by atoms with Crippen molar-refractivity contribution < 1.29 is 4.79 Å². The molecule has 1 N–H and O–H groups in total. The Morgan fingerprint density at radius 3 is 2.81 bits per heavy atom. The zero-order valence-corrected chi connectivity index (χ0v) is 19.8. The SMILES string of the molecule is CCNC(=NCCCN1CCCCCC1=O)N(C)Cc1cc(Cl)cn1C.I. The molecule has 1 aliphatic rings. The van der Waals surface area contributed by atoms with Gasteiger partial charge in [0.05, 0.1) is 11.6 Å². The van der Waals surface area contributed by atoms with Gasteiger partial charge in [-0.1, -0.05) is 18.0 Å². The number of hydrogen-bond acceptors (Lipinski definition) is 2. The Balaban J connectivity index is 0.00000364. The molecule has 0 radical (unpaired) electrons. The molecule has 1 amide bonds. The van der Waals surface area contributed by atoms with Crippen LogP contribution in [0.25, 0.3) is 0 Å². The first-order chi connectivity index (χ1) is 12.5. The number of hydrogen-bond donors (Lipinski definition) is 1. The topological polar surface area (TPSA) is 52.9 Å². The molecule has 0 bridgehead atoms. The molecule has 0 spiro atoms. The quantitative estimate of drug-likeness (QED) is 0.265. The number of amides is 1. The van der Waals surface area contributed by atoms with Gasteiger partial charge in [-0.15, -0.1) is 24.0 Å². The van der Waals surface area contributed by atoms with Gasteiger partial charge in [0.2, 0.25) is 5.91 Å². The second-order valence-corrected chi connectivity index (χ2v) is 7.33. The van der Waals surface area contributed by atoms with Crippen molar-refractivity contribution in [3.05, 3.63) is 23.0 Å². The van der Waals surface area contributed by atoms with E-state index in [-0.39, 0.29) is 24.0 Å². The molecule has 6 nitrogen and oxygen atoms in total. The normalized spacial score (nSPS) is 15.3. The largest absolute Gasteiger partial charge is 0.357 e. The Morgan fingerprint density at radius 2 is 2.15 bits per heavy atom. The third-order valence-corrected chi connectivity index (χ3v) is 4.90. The van der Waals surface area contributed by atoms with E-state index in [0.29, 0.717) is 18.9 Å². The summed E-state index contributed by atoms with van der Waals surface area (Å²) in [4.78, 5) is 20.9. The summed E-state index contributed by atoms with van der Waals surface area (Å²) in [5, 5.41) is 4.09. The molecule has 27 heavy (non-hydrogen) atoms. The number of rotatable bonds is 7. The lowest BCUT2D eigenvalue weighted by atomic mass is 10.2. The molecule has 1 aliphatic heterocycles. The van der Waals surface area contributed by atoms with Gasteiger partial charge in [-0.2, -0.15) is 0 Å². The van der Waals surface area contributed by atoms with Crippen LogP contribution >= 0.6 is 35.6 Å². The van der Waals surface area contributed by atoms with Crippen molar-refractivity contribution in [1.82, 2.24) is 19.7 Å². The van der Waals surface area contributed by atoms with Crippen LogP contribution in [0.2, 0.25) is 5.02 Å². The molecular formula is C19H33ClIN5O. The van der Waals surface area contributed by atoms with E-state index < -0.39 is 0 Å². The van der Waals surface area contributed by atoms with Crippen LogP contribution in [0.15, 0.2) is 17.3 Å². The van der Waals surface area contributed by atoms with Crippen molar-refractivity contribution in [2.75, 3.05) is 33.2 Å². The van der Waals surface area contributed by atoms with Crippen molar-refractivity contribution in [3.63, 3.8) is 0 Å². The lowest BCUT2D eigenvalue weighted by molar-refractivity contribution is -0.130. The predicted molar refractivity (Wildman–Crippen MR) is 123 cm³/mol. The predicted octanol–water partition coefficient (Wildman–Crippen LogP) is 3.49. The Labute approximate surface area is 185 Å². The second kappa shape index (κ2) is 12.5. The summed E-state index contributed by atoms with van der Waals surface area (Å²) in [5.74, 6) is 1.18. The first-order valence-electron chi connectivity index (χ1n) is 9.59. The maximum absolute atomic E-state index is 12.0. The number of halogens is 2. The fraction of sp³-hybridized carbons (Fsp3) is 0.684. The van der Waals surface area contributed by atoms with Crippen molar-refractivity contribution >= 4 is 47.4 Å². The van der Waals surface area contributed by atoms with Crippen LogP contribution in [0.5, 0.6) is 0 Å². The van der Waals surface area contributed by atoms with E-state index in [2.05, 4.69) is 17.1 Å². The highest BCUT2D eigenvalue weighted by atomic mass is 127. The summed E-state index contributed by atoms with van der Waals surface area (Å²) < 4.78 is 2.04. The van der Waals surface area contributed by atoms with E-state index in [1.54, 1.807) is 0 Å². The van der Waals surface area contributed by atoms with Crippen molar-refractivity contribution in [2.45, 2.75) is 45.6 Å². The lowest BCUT2D eigenvalue weighted by Crippen LogP contribution is -2.39. The van der Waals surface area contributed by atoms with Gasteiger partial charge in [0.15, 0.2) is 5.96 Å². The molecule has 0 unspecified atom stereocenters. The molecular weight excluding hydrogens is 477 g/mol. The number of likely N-dealkylation sites (tertiary alicyclic amines) is 1. The molecule has 1 saturated heterocycles. The Morgan fingerprint density at radius 1 is 1.37 bits per heavy atom. The first kappa shape index (κ1) is 24.1. The van der Waals surface area contributed by atoms with Gasteiger partial charge < -0.3 is 19.7 Å². The van der Waals surface area contributed by atoms with Crippen molar-refractivity contribution in [1.29, 1.82) is 0 Å². The molecule has 2 rings (SSSR count). The number of carbonyl (C=O) groups is 1. The number of aryl methyl sites for hydroxylation is 1. The van der Waals surface area contributed by atoms with Crippen LogP contribution in [-0.2, 0) is 18.4 Å². The smallest absolute Gasteiger partial charge is 0.222 e. The molecule has 1 aromatic rings. The standard InChI is InChI=1S/C19H32ClN5O.HI/c1-4-21-19(24(3)15-17-13-16(20)14-23(17)2)22-10-8-12-25-11-7-5-6-9-18(25)26;/h13-14H,4-12,15H2,1-3H3,(H,21,22);1H. The minimum Gasteiger partial charge on any atom is -0.357 e. The highest BCUT2D eigenvalue weighted by molar-refractivity contribution is 14.0. The molecule has 154 valence electrons. The van der Waals surface area contributed by atoms with Crippen molar-refractivity contribution in [2.24, 2.45) is 12.0 Å². The summed E-state index contributed by atoms with van der Waals surface area (Å²) in [5.41, 5.74) is 1.14. The van der Waals surface area contributed by atoms with Gasteiger partial charge in [-0.25, -0.2) is 0 Å². The van der Waals surface area contributed by atoms with Crippen LogP contribution in [-0.4, -0.2) is 59.5 Å². The Hall–Kier alpha value is -0.960. The van der Waals surface area contributed by atoms with E-state index in [4.69, 9.17) is 16.6 Å². The molecule has 8 heteroatoms. The lowest BCUT2D eigenvalue weighted by Gasteiger charge is -2.23. The molecule has 0 atom stereocenters. The molecule has 0 saturated carbocycles. The zero-order valence-electron chi connectivity index (χ0n) is 16.7. The number of carbonyl (C=O) groups excluding carboxylic acids is 1. The van der Waals surface area contributed by atoms with Gasteiger partial charge in [0.25, 0.3) is 0 Å². The molecule has 2 heterocycles. The molecule has 0 aromatic carbocycles. The van der Waals surface area contributed by atoms with Gasteiger partial charge in [-0.3, -0.25) is 9.79 Å². The fourth-order valence-electron chi connectivity index (χ4n) is 3.23. The number of guanidine groups is 1. The Kier molecular flexibility index (Phi) is 11.1. The second-order valence-electron chi connectivity index (χ2n) is 6.90. The van der Waals surface area contributed by atoms with E-state index in [1.807, 2.05) is 35.8 Å². The Bertz CT molecular complexity index is 619. The van der Waals surface area contributed by atoms with Crippen molar-refractivity contribution in [3.8, 4) is 0 Å². The monoisotopic (exact) mass is 509 g/mol. The van der Waals surface area contributed by atoms with Crippen LogP contribution in [0.3, 0.4) is 0 Å². The average molecular weight is 510 g/mol. The minimum atomic E-state index is 0. The third kappa shape index (κ3) is 7.89. The number of nitrogens with zero attached hydrogens (tertiary/aromatic N) is 4. The van der Waals surface area contributed by atoms with Gasteiger partial charge in [0, 0.05) is 58.6 Å². The van der Waals surface area contributed by atoms with Crippen LogP contribution in [0, 0.1) is 0 Å². The summed E-state index contributed by atoms with van der Waals surface area (Å²) in [7, 11) is 4.03. The molecule has 1 fully saturated rings. The highest BCUT2D eigenvalue weighted by Crippen LogP contribution is 2.14.